The predicted molar refractivity (Wildman–Crippen MR) is 94.4 cm³/mol. The van der Waals surface area contributed by atoms with Crippen LogP contribution in [0.15, 0.2) is 24.3 Å². The van der Waals surface area contributed by atoms with Crippen LogP contribution in [0.3, 0.4) is 0 Å². The van der Waals surface area contributed by atoms with Crippen LogP contribution in [0.25, 0.3) is 0 Å². The van der Waals surface area contributed by atoms with Gasteiger partial charge in [0.1, 0.15) is 6.54 Å². The van der Waals surface area contributed by atoms with Crippen LogP contribution in [0.4, 0.5) is 18.9 Å². The molecule has 25 heavy (non-hydrogen) atoms. The number of hydrogen-bond acceptors (Lipinski definition) is 3. The van der Waals surface area contributed by atoms with Crippen LogP contribution in [-0.4, -0.2) is 48.1 Å². The van der Waals surface area contributed by atoms with Crippen molar-refractivity contribution in [2.75, 3.05) is 31.9 Å². The molecule has 1 atom stereocenters. The Morgan fingerprint density at radius 2 is 2.12 bits per heavy atom. The minimum atomic E-state index is -4.36. The molecule has 1 amide bonds. The molecule has 0 aliphatic carbocycles. The van der Waals surface area contributed by atoms with Crippen molar-refractivity contribution < 1.29 is 18.0 Å². The number of nitrogens with two attached hydrogens (primary N) is 1. The maximum Gasteiger partial charge on any atom is 0.406 e. The van der Waals surface area contributed by atoms with E-state index in [1.54, 1.807) is 6.92 Å². The highest BCUT2D eigenvalue weighted by Crippen LogP contribution is 2.23. The first-order valence-corrected chi connectivity index (χ1v) is 8.21. The number of nitrogens with zero attached hydrogens (tertiary/aromatic N) is 2. The lowest BCUT2D eigenvalue weighted by Gasteiger charge is -2.35. The molecule has 0 aromatic heterocycles. The number of amides is 1. The Morgan fingerprint density at radius 3 is 2.72 bits per heavy atom. The molecule has 2 N–H and O–H groups in total. The van der Waals surface area contributed by atoms with Gasteiger partial charge in [0, 0.05) is 25.3 Å². The Morgan fingerprint density at radius 1 is 1.40 bits per heavy atom. The summed E-state index contributed by atoms with van der Waals surface area (Å²) in [4.78, 5) is 15.5. The number of anilines is 1. The van der Waals surface area contributed by atoms with Gasteiger partial charge in [-0.25, -0.2) is 0 Å². The lowest BCUT2D eigenvalue weighted by Crippen LogP contribution is -2.47. The lowest BCUT2D eigenvalue weighted by atomic mass is 9.96. The number of carbonyl (C=O) groups is 1. The molecule has 1 aromatic rings. The average Bonchev–Trinajstić information content (AvgIpc) is 2.51. The molecule has 1 aliphatic heterocycles. The number of likely N-dealkylation sites (tertiary alicyclic amines) is 1. The van der Waals surface area contributed by atoms with Gasteiger partial charge in [0.25, 0.3) is 0 Å². The van der Waals surface area contributed by atoms with E-state index in [-0.39, 0.29) is 24.9 Å². The first kappa shape index (κ1) is 21.6. The molecule has 1 aliphatic rings. The monoisotopic (exact) mass is 379 g/mol. The van der Waals surface area contributed by atoms with Crippen LogP contribution in [0, 0.1) is 5.92 Å². The van der Waals surface area contributed by atoms with Gasteiger partial charge in [-0.15, -0.1) is 12.4 Å². The van der Waals surface area contributed by atoms with E-state index >= 15 is 0 Å². The third-order valence-electron chi connectivity index (χ3n) is 4.28. The fourth-order valence-corrected chi connectivity index (χ4v) is 3.17. The number of nitrogen functional groups attached to an aromatic ring is 1. The maximum absolute atomic E-state index is 12.6. The van der Waals surface area contributed by atoms with Crippen LogP contribution in [0.1, 0.15) is 25.3 Å². The largest absolute Gasteiger partial charge is 0.406 e. The molecular formula is C17H25ClF3N3O. The molecule has 8 heteroatoms. The topological polar surface area (TPSA) is 49.6 Å². The summed E-state index contributed by atoms with van der Waals surface area (Å²) in [5, 5.41) is 0. The number of benzene rings is 1. The quantitative estimate of drug-likeness (QED) is 0.798. The molecule has 1 unspecified atom stereocenters. The first-order chi connectivity index (χ1) is 11.3. The fraction of sp³-hybridized carbons (Fsp3) is 0.588. The van der Waals surface area contributed by atoms with E-state index in [0.29, 0.717) is 25.2 Å². The van der Waals surface area contributed by atoms with Crippen LogP contribution in [0.2, 0.25) is 0 Å². The van der Waals surface area contributed by atoms with Crippen molar-refractivity contribution in [3.05, 3.63) is 29.8 Å². The molecule has 2 rings (SSSR count). The summed E-state index contributed by atoms with van der Waals surface area (Å²) in [6.07, 6.45) is -2.91. The third kappa shape index (κ3) is 6.74. The number of piperidine rings is 1. The zero-order chi connectivity index (χ0) is 17.7. The molecule has 1 heterocycles. The van der Waals surface area contributed by atoms with Crippen molar-refractivity contribution in [1.82, 2.24) is 9.80 Å². The summed E-state index contributed by atoms with van der Waals surface area (Å²) < 4.78 is 37.8. The van der Waals surface area contributed by atoms with Gasteiger partial charge in [0.05, 0.1) is 5.92 Å². The highest BCUT2D eigenvalue weighted by atomic mass is 35.5. The molecule has 0 saturated carbocycles. The van der Waals surface area contributed by atoms with Crippen LogP contribution in [-0.2, 0) is 11.3 Å². The summed E-state index contributed by atoms with van der Waals surface area (Å²) in [7, 11) is 0. The van der Waals surface area contributed by atoms with E-state index < -0.39 is 18.6 Å². The van der Waals surface area contributed by atoms with Gasteiger partial charge in [-0.05, 0) is 44.0 Å². The highest BCUT2D eigenvalue weighted by Gasteiger charge is 2.35. The molecule has 1 aromatic carbocycles. The Balaban J connectivity index is 0.00000312. The third-order valence-corrected chi connectivity index (χ3v) is 4.28. The van der Waals surface area contributed by atoms with E-state index in [0.717, 1.165) is 23.4 Å². The van der Waals surface area contributed by atoms with Gasteiger partial charge < -0.3 is 10.6 Å². The first-order valence-electron chi connectivity index (χ1n) is 8.21. The Kier molecular flexibility index (Phi) is 8.02. The highest BCUT2D eigenvalue weighted by molar-refractivity contribution is 5.85. The van der Waals surface area contributed by atoms with Crippen LogP contribution in [0.5, 0.6) is 0 Å². The molecular weight excluding hydrogens is 355 g/mol. The zero-order valence-corrected chi connectivity index (χ0v) is 15.1. The van der Waals surface area contributed by atoms with Gasteiger partial charge >= 0.3 is 6.18 Å². The number of hydrogen-bond donors (Lipinski definition) is 1. The van der Waals surface area contributed by atoms with Gasteiger partial charge in [-0.2, -0.15) is 13.2 Å². The van der Waals surface area contributed by atoms with Crippen molar-refractivity contribution in [2.45, 2.75) is 32.5 Å². The smallest absolute Gasteiger partial charge is 0.399 e. The van der Waals surface area contributed by atoms with Crippen molar-refractivity contribution in [3.8, 4) is 0 Å². The van der Waals surface area contributed by atoms with Crippen LogP contribution >= 0.6 is 12.4 Å². The summed E-state index contributed by atoms with van der Waals surface area (Å²) in [5.41, 5.74) is 7.50. The number of alkyl halides is 3. The van der Waals surface area contributed by atoms with Crippen LogP contribution < -0.4 is 5.73 Å². The molecule has 0 spiro atoms. The summed E-state index contributed by atoms with van der Waals surface area (Å²) in [6.45, 7) is 2.46. The molecule has 1 fully saturated rings. The molecule has 0 radical (unpaired) electrons. The molecule has 1 saturated heterocycles. The normalized spacial score (nSPS) is 18.5. The van der Waals surface area contributed by atoms with Gasteiger partial charge in [-0.3, -0.25) is 9.69 Å². The van der Waals surface area contributed by atoms with Crippen molar-refractivity contribution in [1.29, 1.82) is 0 Å². The second-order valence-electron chi connectivity index (χ2n) is 6.29. The Labute approximate surface area is 152 Å². The SMILES string of the molecule is CCN(CC(F)(F)F)C(=O)C1CCCN(Cc2cccc(N)c2)C1.Cl. The van der Waals surface area contributed by atoms with Gasteiger partial charge in [0.15, 0.2) is 0 Å². The fourth-order valence-electron chi connectivity index (χ4n) is 3.17. The second kappa shape index (κ2) is 9.29. The maximum atomic E-state index is 12.6. The molecule has 4 nitrogen and oxygen atoms in total. The van der Waals surface area contributed by atoms with Crippen molar-refractivity contribution in [3.63, 3.8) is 0 Å². The standard InChI is InChI=1S/C17H24F3N3O.ClH/c1-2-23(12-17(18,19)20)16(24)14-6-4-8-22(11-14)10-13-5-3-7-15(21)9-13;/h3,5,7,9,14H,2,4,6,8,10-12,21H2,1H3;1H. The van der Waals surface area contributed by atoms with E-state index in [2.05, 4.69) is 4.90 Å². The van der Waals surface area contributed by atoms with E-state index in [1.807, 2.05) is 24.3 Å². The molecule has 142 valence electrons. The van der Waals surface area contributed by atoms with E-state index in [1.165, 1.54) is 0 Å². The lowest BCUT2D eigenvalue weighted by molar-refractivity contribution is -0.164. The van der Waals surface area contributed by atoms with E-state index in [9.17, 15) is 18.0 Å². The van der Waals surface area contributed by atoms with Gasteiger partial charge in [0.2, 0.25) is 5.91 Å². The van der Waals surface area contributed by atoms with Crippen molar-refractivity contribution >= 4 is 24.0 Å². The zero-order valence-electron chi connectivity index (χ0n) is 14.3. The minimum absolute atomic E-state index is 0. The summed E-state index contributed by atoms with van der Waals surface area (Å²) in [6, 6.07) is 7.53. The number of halogens is 4. The molecule has 0 bridgehead atoms. The average molecular weight is 380 g/mol. The summed E-state index contributed by atoms with van der Waals surface area (Å²) >= 11 is 0. The number of rotatable bonds is 5. The second-order valence-corrected chi connectivity index (χ2v) is 6.29. The minimum Gasteiger partial charge on any atom is -0.399 e. The Bertz CT molecular complexity index is 568. The van der Waals surface area contributed by atoms with E-state index in [4.69, 9.17) is 5.73 Å². The van der Waals surface area contributed by atoms with Gasteiger partial charge in [-0.1, -0.05) is 12.1 Å². The Hall–Kier alpha value is -1.47. The van der Waals surface area contributed by atoms with Crippen molar-refractivity contribution in [2.24, 2.45) is 5.92 Å². The summed E-state index contributed by atoms with van der Waals surface area (Å²) in [5.74, 6) is -0.769. The number of carbonyl (C=O) groups excluding carboxylic acids is 1. The predicted octanol–water partition coefficient (Wildman–Crippen LogP) is 3.31.